The predicted octanol–water partition coefficient (Wildman–Crippen LogP) is 4.44. The molecule has 2 heterocycles. The number of hydrogen-bond acceptors (Lipinski definition) is 9. The number of halogens is 4. The van der Waals surface area contributed by atoms with Gasteiger partial charge in [0.05, 0.1) is 24.3 Å². The number of anilines is 2. The van der Waals surface area contributed by atoms with Gasteiger partial charge in [0, 0.05) is 43.9 Å². The van der Waals surface area contributed by atoms with E-state index in [1.807, 2.05) is 12.1 Å². The molecular weight excluding hydrogens is 598 g/mol. The topological polar surface area (TPSA) is 123 Å². The Morgan fingerprint density at radius 2 is 1.82 bits per heavy atom. The van der Waals surface area contributed by atoms with Crippen LogP contribution in [0.5, 0.6) is 11.5 Å². The summed E-state index contributed by atoms with van der Waals surface area (Å²) in [5, 5.41) is 9.02. The molecule has 0 bridgehead atoms. The standard InChI is InChI=1S/C31H33F4N5O5/c32-25-13-18(1-6-26(25)45-31(33,34)35)17-44-21-3-5-23-19(14-21)2-4-24-27(23)37-30(36)38-28(24)40-9-7-39(8-10-40)11-12-43-22-15-20(16-22)29(41)42/h1,3,5-6,13-14,20,22H,2,4,7-12,15-17H2,(H,41,42)(H2,36,37,38)/t20-,22+. The molecular formula is C31H33F4N5O5. The van der Waals surface area contributed by atoms with Crippen LogP contribution < -0.4 is 20.1 Å². The third-order valence-corrected chi connectivity index (χ3v) is 8.48. The Balaban J connectivity index is 1.06. The van der Waals surface area contributed by atoms with Gasteiger partial charge in [-0.25, -0.2) is 9.37 Å². The predicted molar refractivity (Wildman–Crippen MR) is 155 cm³/mol. The van der Waals surface area contributed by atoms with E-state index in [1.165, 1.54) is 6.07 Å². The molecule has 0 unspecified atom stereocenters. The van der Waals surface area contributed by atoms with E-state index in [9.17, 15) is 22.4 Å². The number of hydrogen-bond donors (Lipinski definition) is 2. The number of aryl methyl sites for hydroxylation is 1. The monoisotopic (exact) mass is 631 g/mol. The van der Waals surface area contributed by atoms with Crippen LogP contribution in [0.15, 0.2) is 36.4 Å². The number of benzene rings is 2. The third kappa shape index (κ3) is 7.22. The molecule has 3 aromatic rings. The lowest BCUT2D eigenvalue weighted by Gasteiger charge is -2.38. The summed E-state index contributed by atoms with van der Waals surface area (Å²) >= 11 is 0. The highest BCUT2D eigenvalue weighted by atomic mass is 19.4. The van der Waals surface area contributed by atoms with Gasteiger partial charge in [-0.15, -0.1) is 13.2 Å². The first-order chi connectivity index (χ1) is 21.5. The number of alkyl halides is 3. The second-order valence-corrected chi connectivity index (χ2v) is 11.5. The van der Waals surface area contributed by atoms with Crippen LogP contribution in [-0.2, 0) is 29.0 Å². The lowest BCUT2D eigenvalue weighted by atomic mass is 9.82. The number of rotatable bonds is 10. The minimum Gasteiger partial charge on any atom is -0.489 e. The van der Waals surface area contributed by atoms with Crippen molar-refractivity contribution in [1.82, 2.24) is 14.9 Å². The summed E-state index contributed by atoms with van der Waals surface area (Å²) < 4.78 is 66.7. The molecule has 3 N–H and O–H groups in total. The minimum absolute atomic E-state index is 0.0400. The van der Waals surface area contributed by atoms with E-state index in [1.54, 1.807) is 6.07 Å². The van der Waals surface area contributed by atoms with Crippen molar-refractivity contribution in [3.05, 3.63) is 58.9 Å². The van der Waals surface area contributed by atoms with Crippen LogP contribution in [0, 0.1) is 11.7 Å². The molecule has 2 aromatic carbocycles. The molecule has 0 spiro atoms. The van der Waals surface area contributed by atoms with E-state index in [2.05, 4.69) is 24.5 Å². The Morgan fingerprint density at radius 1 is 1.04 bits per heavy atom. The van der Waals surface area contributed by atoms with Crippen molar-refractivity contribution in [2.24, 2.45) is 5.92 Å². The van der Waals surface area contributed by atoms with Crippen molar-refractivity contribution in [3.63, 3.8) is 0 Å². The Kier molecular flexibility index (Phi) is 8.69. The third-order valence-electron chi connectivity index (χ3n) is 8.48. The molecule has 1 aliphatic heterocycles. The van der Waals surface area contributed by atoms with E-state index >= 15 is 0 Å². The van der Waals surface area contributed by atoms with E-state index in [0.717, 1.165) is 79.5 Å². The van der Waals surface area contributed by atoms with Crippen LogP contribution in [0.4, 0.5) is 29.3 Å². The van der Waals surface area contributed by atoms with Gasteiger partial charge in [-0.1, -0.05) is 6.07 Å². The largest absolute Gasteiger partial charge is 0.573 e. The van der Waals surface area contributed by atoms with Crippen molar-refractivity contribution in [2.75, 3.05) is 50.0 Å². The fourth-order valence-corrected chi connectivity index (χ4v) is 6.00. The first-order valence-corrected chi connectivity index (χ1v) is 14.8. The zero-order valence-electron chi connectivity index (χ0n) is 24.4. The van der Waals surface area contributed by atoms with Crippen LogP contribution >= 0.6 is 0 Å². The maximum atomic E-state index is 14.1. The zero-order valence-corrected chi connectivity index (χ0v) is 24.4. The van der Waals surface area contributed by atoms with Crippen molar-refractivity contribution >= 4 is 17.7 Å². The van der Waals surface area contributed by atoms with Gasteiger partial charge in [0.2, 0.25) is 5.95 Å². The Hall–Kier alpha value is -4.17. The highest BCUT2D eigenvalue weighted by Gasteiger charge is 2.35. The summed E-state index contributed by atoms with van der Waals surface area (Å²) in [6.45, 7) is 4.55. The molecule has 45 heavy (non-hydrogen) atoms. The average Bonchev–Trinajstić information content (AvgIpc) is 2.97. The molecule has 0 atom stereocenters. The number of carbonyl (C=O) groups is 1. The lowest BCUT2D eigenvalue weighted by molar-refractivity contribution is -0.275. The van der Waals surface area contributed by atoms with Gasteiger partial charge in [-0.2, -0.15) is 4.98 Å². The van der Waals surface area contributed by atoms with E-state index < -0.39 is 23.9 Å². The number of piperazine rings is 1. The fourth-order valence-electron chi connectivity index (χ4n) is 6.00. The maximum Gasteiger partial charge on any atom is 0.573 e. The molecule has 14 heteroatoms. The average molecular weight is 632 g/mol. The molecule has 2 fully saturated rings. The minimum atomic E-state index is -4.98. The summed E-state index contributed by atoms with van der Waals surface area (Å²) in [6, 6.07) is 8.77. The number of carboxylic acids is 1. The van der Waals surface area contributed by atoms with Crippen LogP contribution in [0.3, 0.4) is 0 Å². The number of aliphatic carboxylic acids is 1. The molecule has 1 saturated heterocycles. The second-order valence-electron chi connectivity index (χ2n) is 11.5. The number of nitrogens with zero attached hydrogens (tertiary/aromatic N) is 4. The zero-order chi connectivity index (χ0) is 31.7. The lowest BCUT2D eigenvalue weighted by Crippen LogP contribution is -2.48. The van der Waals surface area contributed by atoms with Crippen molar-refractivity contribution in [1.29, 1.82) is 0 Å². The van der Waals surface area contributed by atoms with Gasteiger partial charge < -0.3 is 30.0 Å². The quantitative estimate of drug-likeness (QED) is 0.311. The first kappa shape index (κ1) is 30.8. The van der Waals surface area contributed by atoms with Gasteiger partial charge in [-0.05, 0) is 67.1 Å². The summed E-state index contributed by atoms with van der Waals surface area (Å²) in [6.07, 6.45) is -2.33. The number of fused-ring (bicyclic) bond motifs is 3. The summed E-state index contributed by atoms with van der Waals surface area (Å²) in [7, 11) is 0. The molecule has 2 aliphatic carbocycles. The Morgan fingerprint density at radius 3 is 2.53 bits per heavy atom. The van der Waals surface area contributed by atoms with Gasteiger partial charge >= 0.3 is 12.3 Å². The van der Waals surface area contributed by atoms with E-state index in [4.69, 9.17) is 20.3 Å². The van der Waals surface area contributed by atoms with Gasteiger partial charge in [-0.3, -0.25) is 9.69 Å². The molecule has 10 nitrogen and oxygen atoms in total. The van der Waals surface area contributed by atoms with Crippen molar-refractivity contribution in [2.45, 2.75) is 44.8 Å². The Bertz CT molecular complexity index is 1560. The van der Waals surface area contributed by atoms with Crippen molar-refractivity contribution < 1.29 is 41.7 Å². The molecule has 0 radical (unpaired) electrons. The normalized spacial score (nSPS) is 19.8. The SMILES string of the molecule is Nc1nc2c(c(N3CCN(CCO[C@H]4C[C@@H](C(=O)O)C4)CC3)n1)CCc1cc(OCc3ccc(OC(F)(F)F)c(F)c3)ccc1-2. The van der Waals surface area contributed by atoms with Crippen LogP contribution in [-0.4, -0.2) is 77.7 Å². The number of aromatic nitrogens is 2. The van der Waals surface area contributed by atoms with E-state index in [0.29, 0.717) is 37.2 Å². The number of nitrogen functional groups attached to an aromatic ring is 1. The number of ether oxygens (including phenoxy) is 3. The molecule has 240 valence electrons. The summed E-state index contributed by atoms with van der Waals surface area (Å²) in [5.74, 6) is -1.48. The number of carboxylic acid groups (broad SMARTS) is 1. The molecule has 1 aromatic heterocycles. The summed E-state index contributed by atoms with van der Waals surface area (Å²) in [5.41, 5.74) is 10.3. The smallest absolute Gasteiger partial charge is 0.489 e. The van der Waals surface area contributed by atoms with Crippen molar-refractivity contribution in [3.8, 4) is 22.8 Å². The molecule has 3 aliphatic rings. The highest BCUT2D eigenvalue weighted by Crippen LogP contribution is 2.39. The fraction of sp³-hybridized carbons (Fsp3) is 0.452. The van der Waals surface area contributed by atoms with E-state index in [-0.39, 0.29) is 24.6 Å². The van der Waals surface area contributed by atoms with Crippen LogP contribution in [0.1, 0.15) is 29.5 Å². The van der Waals surface area contributed by atoms with Crippen LogP contribution in [0.25, 0.3) is 11.3 Å². The summed E-state index contributed by atoms with van der Waals surface area (Å²) in [4.78, 5) is 24.7. The first-order valence-electron chi connectivity index (χ1n) is 14.8. The molecule has 0 amide bonds. The Labute approximate surface area is 256 Å². The van der Waals surface area contributed by atoms with Gasteiger partial charge in [0.15, 0.2) is 11.6 Å². The van der Waals surface area contributed by atoms with Gasteiger partial charge in [0.1, 0.15) is 18.2 Å². The molecule has 6 rings (SSSR count). The van der Waals surface area contributed by atoms with Crippen LogP contribution in [0.2, 0.25) is 0 Å². The molecule has 1 saturated carbocycles. The highest BCUT2D eigenvalue weighted by molar-refractivity contribution is 5.76. The maximum absolute atomic E-state index is 14.1. The van der Waals surface area contributed by atoms with Gasteiger partial charge in [0.25, 0.3) is 0 Å². The number of nitrogens with two attached hydrogens (primary N) is 1. The second kappa shape index (κ2) is 12.7.